The maximum Gasteiger partial charge on any atom is -0.0227 e. The first kappa shape index (κ1) is 17.0. The molecule has 0 aliphatic rings. The highest BCUT2D eigenvalue weighted by Gasteiger charge is 1.97. The molecule has 0 amide bonds. The van der Waals surface area contributed by atoms with Crippen LogP contribution >= 0.6 is 0 Å². The van der Waals surface area contributed by atoms with Gasteiger partial charge in [-0.25, -0.2) is 0 Å². The molecule has 0 nitrogen and oxygen atoms in total. The minimum atomic E-state index is 0.841. The summed E-state index contributed by atoms with van der Waals surface area (Å²) in [6, 6.07) is 8.82. The molecule has 0 bridgehead atoms. The molecule has 0 radical (unpaired) electrons. The van der Waals surface area contributed by atoms with E-state index < -0.39 is 0 Å². The fraction of sp³-hybridized carbons (Fsp3) is 0.600. The van der Waals surface area contributed by atoms with Crippen LogP contribution in [0.15, 0.2) is 24.3 Å². The molecular weight excluding hydrogens is 240 g/mol. The summed E-state index contributed by atoms with van der Waals surface area (Å²) >= 11 is 0. The van der Waals surface area contributed by atoms with E-state index in [1.807, 2.05) is 0 Å². The number of rotatable bonds is 8. The Morgan fingerprint density at radius 2 is 1.20 bits per heavy atom. The Morgan fingerprint density at radius 1 is 0.800 bits per heavy atom. The fourth-order valence-electron chi connectivity index (χ4n) is 2.34. The first-order valence-corrected chi connectivity index (χ1v) is 8.42. The SMILES string of the molecule is CCC(C)CCC=c1ccccc1=CCCC(C)CC. The quantitative estimate of drug-likeness (QED) is 0.631. The van der Waals surface area contributed by atoms with Crippen molar-refractivity contribution >= 4 is 12.2 Å². The Labute approximate surface area is 125 Å². The third-order valence-electron chi connectivity index (χ3n) is 4.44. The molecular formula is C20H32. The van der Waals surface area contributed by atoms with E-state index in [-0.39, 0.29) is 0 Å². The molecule has 0 aliphatic heterocycles. The summed E-state index contributed by atoms with van der Waals surface area (Å²) in [4.78, 5) is 0. The molecule has 0 saturated heterocycles. The van der Waals surface area contributed by atoms with E-state index in [9.17, 15) is 0 Å². The van der Waals surface area contributed by atoms with Crippen LogP contribution in [0.4, 0.5) is 0 Å². The Kier molecular flexibility index (Phi) is 8.34. The highest BCUT2D eigenvalue weighted by Crippen LogP contribution is 2.10. The molecule has 0 saturated carbocycles. The van der Waals surface area contributed by atoms with Crippen LogP contribution in [0, 0.1) is 11.8 Å². The maximum atomic E-state index is 2.42. The molecule has 0 aromatic heterocycles. The van der Waals surface area contributed by atoms with Crippen molar-refractivity contribution in [3.05, 3.63) is 34.7 Å². The fourth-order valence-corrected chi connectivity index (χ4v) is 2.34. The Hall–Kier alpha value is -1.04. The standard InChI is InChI=1S/C20H32/c1-5-17(3)11-9-15-19-13-7-8-14-20(19)16-10-12-18(4)6-2/h7-8,13-18H,5-6,9-12H2,1-4H3. The van der Waals surface area contributed by atoms with Crippen LogP contribution < -0.4 is 10.4 Å². The Balaban J connectivity index is 2.72. The summed E-state index contributed by atoms with van der Waals surface area (Å²) in [5, 5.41) is 2.83. The molecule has 2 unspecified atom stereocenters. The third kappa shape index (κ3) is 6.41. The Morgan fingerprint density at radius 3 is 1.55 bits per heavy atom. The third-order valence-corrected chi connectivity index (χ3v) is 4.44. The van der Waals surface area contributed by atoms with E-state index in [2.05, 4.69) is 64.1 Å². The van der Waals surface area contributed by atoms with Gasteiger partial charge in [0.25, 0.3) is 0 Å². The zero-order chi connectivity index (χ0) is 14.8. The van der Waals surface area contributed by atoms with E-state index >= 15 is 0 Å². The number of hydrogen-bond acceptors (Lipinski definition) is 0. The van der Waals surface area contributed by atoms with E-state index in [4.69, 9.17) is 0 Å². The average molecular weight is 272 g/mol. The molecule has 1 aromatic carbocycles. The highest BCUT2D eigenvalue weighted by molar-refractivity contribution is 5.31. The van der Waals surface area contributed by atoms with Gasteiger partial charge in [0.15, 0.2) is 0 Å². The number of benzene rings is 1. The summed E-state index contributed by atoms with van der Waals surface area (Å²) in [5.41, 5.74) is 0. The van der Waals surface area contributed by atoms with Crippen molar-refractivity contribution in [2.24, 2.45) is 11.8 Å². The van der Waals surface area contributed by atoms with E-state index in [0.29, 0.717) is 0 Å². The van der Waals surface area contributed by atoms with Gasteiger partial charge >= 0.3 is 0 Å². The first-order chi connectivity index (χ1) is 9.67. The molecule has 0 fully saturated rings. The lowest BCUT2D eigenvalue weighted by Crippen LogP contribution is -2.23. The normalized spacial score (nSPS) is 16.4. The highest BCUT2D eigenvalue weighted by atomic mass is 14.0. The predicted molar refractivity (Wildman–Crippen MR) is 92.0 cm³/mol. The second-order valence-electron chi connectivity index (χ2n) is 6.22. The van der Waals surface area contributed by atoms with E-state index in [1.54, 1.807) is 0 Å². The minimum absolute atomic E-state index is 0.841. The molecule has 0 spiro atoms. The van der Waals surface area contributed by atoms with Gasteiger partial charge in [-0.3, -0.25) is 0 Å². The van der Waals surface area contributed by atoms with Crippen molar-refractivity contribution in [3.63, 3.8) is 0 Å². The lowest BCUT2D eigenvalue weighted by atomic mass is 10.0. The average Bonchev–Trinajstić information content (AvgIpc) is 2.48. The summed E-state index contributed by atoms with van der Waals surface area (Å²) in [7, 11) is 0. The van der Waals surface area contributed by atoms with Gasteiger partial charge in [0, 0.05) is 0 Å². The van der Waals surface area contributed by atoms with Crippen LogP contribution in [0.2, 0.25) is 0 Å². The molecule has 1 rings (SSSR count). The number of hydrogen-bond donors (Lipinski definition) is 0. The van der Waals surface area contributed by atoms with E-state index in [1.165, 1.54) is 49.0 Å². The zero-order valence-corrected chi connectivity index (χ0v) is 13.9. The summed E-state index contributed by atoms with van der Waals surface area (Å²) < 4.78 is 0. The molecule has 0 aliphatic carbocycles. The van der Waals surface area contributed by atoms with Gasteiger partial charge in [-0.1, -0.05) is 77.0 Å². The first-order valence-electron chi connectivity index (χ1n) is 8.42. The molecule has 0 N–H and O–H groups in total. The van der Waals surface area contributed by atoms with Gasteiger partial charge in [-0.15, -0.1) is 0 Å². The topological polar surface area (TPSA) is 0 Å². The van der Waals surface area contributed by atoms with Gasteiger partial charge in [-0.2, -0.15) is 0 Å². The van der Waals surface area contributed by atoms with Crippen molar-refractivity contribution in [2.75, 3.05) is 0 Å². The van der Waals surface area contributed by atoms with E-state index in [0.717, 1.165) is 11.8 Å². The predicted octanol–water partition coefficient (Wildman–Crippen LogP) is 4.90. The van der Waals surface area contributed by atoms with Crippen LogP contribution in [0.5, 0.6) is 0 Å². The van der Waals surface area contributed by atoms with Crippen LogP contribution in [-0.2, 0) is 0 Å². The second-order valence-corrected chi connectivity index (χ2v) is 6.22. The Bertz CT molecular complexity index is 424. The van der Waals surface area contributed by atoms with Crippen LogP contribution in [0.3, 0.4) is 0 Å². The zero-order valence-electron chi connectivity index (χ0n) is 13.9. The van der Waals surface area contributed by atoms with Crippen molar-refractivity contribution in [1.29, 1.82) is 0 Å². The van der Waals surface area contributed by atoms with Crippen LogP contribution in [0.1, 0.15) is 66.2 Å². The second kappa shape index (κ2) is 9.80. The van der Waals surface area contributed by atoms with Gasteiger partial charge in [-0.05, 0) is 48.0 Å². The lowest BCUT2D eigenvalue weighted by molar-refractivity contribution is 0.527. The molecule has 2 atom stereocenters. The molecule has 0 heteroatoms. The smallest absolute Gasteiger partial charge is 0.0227 e. The van der Waals surface area contributed by atoms with Crippen molar-refractivity contribution < 1.29 is 0 Å². The molecule has 20 heavy (non-hydrogen) atoms. The van der Waals surface area contributed by atoms with Gasteiger partial charge < -0.3 is 0 Å². The van der Waals surface area contributed by atoms with Gasteiger partial charge in [0.1, 0.15) is 0 Å². The van der Waals surface area contributed by atoms with Gasteiger partial charge in [0.2, 0.25) is 0 Å². The van der Waals surface area contributed by atoms with Gasteiger partial charge in [0.05, 0.1) is 0 Å². The van der Waals surface area contributed by atoms with Crippen molar-refractivity contribution in [2.45, 2.75) is 66.2 Å². The van der Waals surface area contributed by atoms with Crippen LogP contribution in [0.25, 0.3) is 12.2 Å². The maximum absolute atomic E-state index is 2.42. The van der Waals surface area contributed by atoms with Crippen molar-refractivity contribution in [1.82, 2.24) is 0 Å². The molecule has 112 valence electrons. The largest absolute Gasteiger partial charge is 0.0767 e. The lowest BCUT2D eigenvalue weighted by Gasteiger charge is -2.05. The monoisotopic (exact) mass is 272 g/mol. The molecule has 1 aromatic rings. The summed E-state index contributed by atoms with van der Waals surface area (Å²) in [5.74, 6) is 1.68. The minimum Gasteiger partial charge on any atom is -0.0767 e. The van der Waals surface area contributed by atoms with Crippen molar-refractivity contribution in [3.8, 4) is 0 Å². The van der Waals surface area contributed by atoms with Crippen LogP contribution in [-0.4, -0.2) is 0 Å². The summed E-state index contributed by atoms with van der Waals surface area (Å²) in [6.45, 7) is 9.25. The molecule has 0 heterocycles. The summed E-state index contributed by atoms with van der Waals surface area (Å²) in [6.07, 6.45) is 12.4.